The van der Waals surface area contributed by atoms with E-state index in [1.54, 1.807) is 6.07 Å². The number of amides is 2. The van der Waals surface area contributed by atoms with Crippen LogP contribution in [0.2, 0.25) is 5.02 Å². The van der Waals surface area contributed by atoms with Crippen LogP contribution in [0.4, 0.5) is 0 Å². The van der Waals surface area contributed by atoms with Crippen LogP contribution in [0.1, 0.15) is 12.0 Å². The van der Waals surface area contributed by atoms with E-state index < -0.39 is 0 Å². The smallest absolute Gasteiger partial charge is 0.227 e. The van der Waals surface area contributed by atoms with Crippen molar-refractivity contribution >= 4 is 35.8 Å². The normalized spacial score (nSPS) is 14.3. The molecule has 1 aromatic rings. The summed E-state index contributed by atoms with van der Waals surface area (Å²) < 4.78 is 0. The molecule has 1 aromatic carbocycles. The monoisotopic (exact) mass is 359 g/mol. The standard InChI is InChI=1S/C16H22ClN3O2.ClH/c1-18-6-5-15(21)19-7-9-20(10-8-19)16(22)12-13-3-2-4-14(17)11-13;/h2-4,11,18H,5-10,12H2,1H3;1H. The van der Waals surface area contributed by atoms with Gasteiger partial charge in [-0.3, -0.25) is 9.59 Å². The van der Waals surface area contributed by atoms with Gasteiger partial charge < -0.3 is 15.1 Å². The second-order valence-corrected chi connectivity index (χ2v) is 5.86. The largest absolute Gasteiger partial charge is 0.339 e. The van der Waals surface area contributed by atoms with Crippen molar-refractivity contribution in [3.8, 4) is 0 Å². The maximum atomic E-state index is 12.3. The Morgan fingerprint density at radius 1 is 1.13 bits per heavy atom. The number of rotatable bonds is 5. The average Bonchev–Trinajstić information content (AvgIpc) is 2.52. The lowest BCUT2D eigenvalue weighted by molar-refractivity contribution is -0.139. The highest BCUT2D eigenvalue weighted by Gasteiger charge is 2.23. The van der Waals surface area contributed by atoms with Gasteiger partial charge in [-0.2, -0.15) is 0 Å². The van der Waals surface area contributed by atoms with E-state index in [1.807, 2.05) is 35.0 Å². The lowest BCUT2D eigenvalue weighted by Gasteiger charge is -2.35. The zero-order valence-electron chi connectivity index (χ0n) is 13.3. The van der Waals surface area contributed by atoms with E-state index in [0.29, 0.717) is 50.6 Å². The molecule has 1 heterocycles. The topological polar surface area (TPSA) is 52.7 Å². The summed E-state index contributed by atoms with van der Waals surface area (Å²) in [7, 11) is 1.83. The first-order chi connectivity index (χ1) is 10.6. The van der Waals surface area contributed by atoms with Crippen molar-refractivity contribution in [1.82, 2.24) is 15.1 Å². The van der Waals surface area contributed by atoms with E-state index in [9.17, 15) is 9.59 Å². The van der Waals surface area contributed by atoms with E-state index in [2.05, 4.69) is 5.32 Å². The van der Waals surface area contributed by atoms with Crippen molar-refractivity contribution in [2.24, 2.45) is 0 Å². The first-order valence-corrected chi connectivity index (χ1v) is 7.92. The van der Waals surface area contributed by atoms with E-state index >= 15 is 0 Å². The molecule has 0 bridgehead atoms. The van der Waals surface area contributed by atoms with E-state index in [1.165, 1.54) is 0 Å². The number of carbonyl (C=O) groups is 2. The van der Waals surface area contributed by atoms with Gasteiger partial charge in [-0.05, 0) is 24.7 Å². The molecule has 5 nitrogen and oxygen atoms in total. The fourth-order valence-corrected chi connectivity index (χ4v) is 2.74. The van der Waals surface area contributed by atoms with Crippen LogP contribution in [0.25, 0.3) is 0 Å². The van der Waals surface area contributed by atoms with Crippen LogP contribution < -0.4 is 5.32 Å². The van der Waals surface area contributed by atoms with E-state index in [-0.39, 0.29) is 24.2 Å². The summed E-state index contributed by atoms with van der Waals surface area (Å²) in [5.41, 5.74) is 0.921. The molecule has 1 aliphatic rings. The molecule has 23 heavy (non-hydrogen) atoms. The summed E-state index contributed by atoms with van der Waals surface area (Å²) in [6, 6.07) is 7.37. The number of nitrogens with zero attached hydrogens (tertiary/aromatic N) is 2. The molecule has 1 saturated heterocycles. The molecule has 0 radical (unpaired) electrons. The van der Waals surface area contributed by atoms with Crippen molar-refractivity contribution < 1.29 is 9.59 Å². The van der Waals surface area contributed by atoms with Gasteiger partial charge in [0, 0.05) is 44.2 Å². The molecule has 0 aliphatic carbocycles. The SMILES string of the molecule is CNCCC(=O)N1CCN(C(=O)Cc2cccc(Cl)c2)CC1.Cl. The lowest BCUT2D eigenvalue weighted by atomic mass is 10.1. The van der Waals surface area contributed by atoms with E-state index in [0.717, 1.165) is 5.56 Å². The van der Waals surface area contributed by atoms with Gasteiger partial charge in [0.1, 0.15) is 0 Å². The zero-order valence-corrected chi connectivity index (χ0v) is 14.8. The maximum absolute atomic E-state index is 12.3. The summed E-state index contributed by atoms with van der Waals surface area (Å²) in [5.74, 6) is 0.237. The van der Waals surface area contributed by atoms with Crippen LogP contribution in [0, 0.1) is 0 Å². The predicted molar refractivity (Wildman–Crippen MR) is 94.1 cm³/mol. The Kier molecular flexibility index (Phi) is 8.37. The Morgan fingerprint density at radius 3 is 2.30 bits per heavy atom. The van der Waals surface area contributed by atoms with Crippen molar-refractivity contribution in [2.45, 2.75) is 12.8 Å². The summed E-state index contributed by atoms with van der Waals surface area (Å²) in [6.07, 6.45) is 0.862. The fourth-order valence-electron chi connectivity index (χ4n) is 2.53. The van der Waals surface area contributed by atoms with Crippen molar-refractivity contribution in [3.05, 3.63) is 34.9 Å². The lowest BCUT2D eigenvalue weighted by Crippen LogP contribution is -2.51. The first kappa shape index (κ1) is 19.7. The summed E-state index contributed by atoms with van der Waals surface area (Å²) in [6.45, 7) is 3.12. The van der Waals surface area contributed by atoms with Gasteiger partial charge in [0.2, 0.25) is 11.8 Å². The molecule has 1 N–H and O–H groups in total. The molecular formula is C16H23Cl2N3O2. The molecule has 0 aromatic heterocycles. The van der Waals surface area contributed by atoms with Crippen LogP contribution in [-0.2, 0) is 16.0 Å². The van der Waals surface area contributed by atoms with Gasteiger partial charge in [-0.25, -0.2) is 0 Å². The Hall–Kier alpha value is -1.30. The number of nitrogens with one attached hydrogen (secondary N) is 1. The van der Waals surface area contributed by atoms with Gasteiger partial charge in [-0.1, -0.05) is 23.7 Å². The number of halogens is 2. The van der Waals surface area contributed by atoms with Crippen LogP contribution in [0.3, 0.4) is 0 Å². The summed E-state index contributed by atoms with van der Waals surface area (Å²) in [4.78, 5) is 27.9. The van der Waals surface area contributed by atoms with Crippen LogP contribution in [0.15, 0.2) is 24.3 Å². The van der Waals surface area contributed by atoms with Gasteiger partial charge >= 0.3 is 0 Å². The first-order valence-electron chi connectivity index (χ1n) is 7.54. The van der Waals surface area contributed by atoms with E-state index in [4.69, 9.17) is 11.6 Å². The summed E-state index contributed by atoms with van der Waals surface area (Å²) >= 11 is 5.94. The van der Waals surface area contributed by atoms with Crippen LogP contribution in [-0.4, -0.2) is 61.4 Å². The highest BCUT2D eigenvalue weighted by atomic mass is 35.5. The molecule has 1 aliphatic heterocycles. The maximum Gasteiger partial charge on any atom is 0.227 e. The van der Waals surface area contributed by atoms with Crippen LogP contribution >= 0.6 is 24.0 Å². The van der Waals surface area contributed by atoms with Crippen molar-refractivity contribution in [2.75, 3.05) is 39.8 Å². The second-order valence-electron chi connectivity index (χ2n) is 5.42. The summed E-state index contributed by atoms with van der Waals surface area (Å²) in [5, 5.41) is 3.62. The minimum Gasteiger partial charge on any atom is -0.339 e. The Labute approximate surface area is 148 Å². The predicted octanol–water partition coefficient (Wildman–Crippen LogP) is 1.58. The molecule has 2 amide bonds. The number of benzene rings is 1. The van der Waals surface area contributed by atoms with Crippen LogP contribution in [0.5, 0.6) is 0 Å². The van der Waals surface area contributed by atoms with Crippen molar-refractivity contribution in [3.63, 3.8) is 0 Å². The molecule has 0 atom stereocenters. The number of piperazine rings is 1. The molecule has 128 valence electrons. The third-order valence-corrected chi connectivity index (χ3v) is 4.05. The van der Waals surface area contributed by atoms with Gasteiger partial charge in [-0.15, -0.1) is 12.4 Å². The van der Waals surface area contributed by atoms with Gasteiger partial charge in [0.05, 0.1) is 6.42 Å². The fraction of sp³-hybridized carbons (Fsp3) is 0.500. The Balaban J connectivity index is 0.00000264. The minimum atomic E-state index is 0. The third-order valence-electron chi connectivity index (χ3n) is 3.82. The molecule has 0 spiro atoms. The molecular weight excluding hydrogens is 337 g/mol. The highest BCUT2D eigenvalue weighted by Crippen LogP contribution is 2.13. The quantitative estimate of drug-likeness (QED) is 0.868. The molecule has 0 saturated carbocycles. The highest BCUT2D eigenvalue weighted by molar-refractivity contribution is 6.30. The number of carbonyl (C=O) groups excluding carboxylic acids is 2. The number of hydrogen-bond donors (Lipinski definition) is 1. The molecule has 0 unspecified atom stereocenters. The minimum absolute atomic E-state index is 0. The zero-order chi connectivity index (χ0) is 15.9. The molecule has 1 fully saturated rings. The van der Waals surface area contributed by atoms with Gasteiger partial charge in [0.25, 0.3) is 0 Å². The Bertz CT molecular complexity index is 532. The Morgan fingerprint density at radius 2 is 1.74 bits per heavy atom. The molecule has 2 rings (SSSR count). The number of hydrogen-bond acceptors (Lipinski definition) is 3. The van der Waals surface area contributed by atoms with Gasteiger partial charge in [0.15, 0.2) is 0 Å². The second kappa shape index (κ2) is 9.75. The third kappa shape index (κ3) is 6.01. The molecule has 7 heteroatoms. The van der Waals surface area contributed by atoms with Crippen molar-refractivity contribution in [1.29, 1.82) is 0 Å². The average molecular weight is 360 g/mol.